The van der Waals surface area contributed by atoms with Gasteiger partial charge in [0.25, 0.3) is 0 Å². The Bertz CT molecular complexity index is 1040. The average Bonchev–Trinajstić information content (AvgIpc) is 3.34. The van der Waals surface area contributed by atoms with Crippen molar-refractivity contribution in [1.82, 2.24) is 25.1 Å². The zero-order valence-electron chi connectivity index (χ0n) is 15.4. The quantitative estimate of drug-likeness (QED) is 0.606. The van der Waals surface area contributed by atoms with Gasteiger partial charge in [0.1, 0.15) is 18.0 Å². The predicted molar refractivity (Wildman–Crippen MR) is 101 cm³/mol. The molecule has 1 aliphatic heterocycles. The fourth-order valence-corrected chi connectivity index (χ4v) is 3.70. The maximum absolute atomic E-state index is 14.3. The first-order chi connectivity index (χ1) is 14.1. The average molecular weight is 399 g/mol. The normalized spacial score (nSPS) is 21.6. The summed E-state index contributed by atoms with van der Waals surface area (Å²) in [4.78, 5) is 14.3. The maximum Gasteiger partial charge on any atom is 0.233 e. The van der Waals surface area contributed by atoms with E-state index in [4.69, 9.17) is 0 Å². The van der Waals surface area contributed by atoms with E-state index in [0.717, 1.165) is 36.7 Å². The van der Waals surface area contributed by atoms with E-state index in [1.807, 2.05) is 6.07 Å². The van der Waals surface area contributed by atoms with Crippen molar-refractivity contribution in [3.05, 3.63) is 53.5 Å². The van der Waals surface area contributed by atoms with Crippen molar-refractivity contribution in [3.63, 3.8) is 0 Å². The van der Waals surface area contributed by atoms with Gasteiger partial charge >= 0.3 is 0 Å². The molecule has 0 radical (unpaired) electrons. The second-order valence-electron chi connectivity index (χ2n) is 7.44. The number of halogens is 2. The summed E-state index contributed by atoms with van der Waals surface area (Å²) in [6, 6.07) is 4.64. The second kappa shape index (κ2) is 7.03. The molecule has 3 aromatic rings. The van der Waals surface area contributed by atoms with E-state index in [1.54, 1.807) is 4.90 Å². The molecule has 3 N–H and O–H groups in total. The van der Waals surface area contributed by atoms with E-state index in [-0.39, 0.29) is 30.4 Å². The zero-order valence-corrected chi connectivity index (χ0v) is 15.4. The van der Waals surface area contributed by atoms with Crippen LogP contribution in [0.3, 0.4) is 0 Å². The standard InChI is InChI=1S/C19H19F2N7O/c20-11-3-4-14(21)13(5-11)16-6-12(29)8-28(16)19-23-9-22-18(25-19)24-17-7-15(26-27-17)10-1-2-10/h3-5,7,9-10,12,16,29H,1-2,6,8H2,(H2,22,23,24,25,26,27). The first-order valence-electron chi connectivity index (χ1n) is 9.48. The number of hydrogen-bond donors (Lipinski definition) is 3. The van der Waals surface area contributed by atoms with Gasteiger partial charge in [0.2, 0.25) is 11.9 Å². The van der Waals surface area contributed by atoms with Crippen LogP contribution in [0.5, 0.6) is 0 Å². The monoisotopic (exact) mass is 399 g/mol. The number of β-amino-alcohol motifs (C(OH)–C–C–N with tert-alkyl or cyclic N) is 1. The Labute approximate surface area is 165 Å². The number of nitrogens with zero attached hydrogens (tertiary/aromatic N) is 5. The lowest BCUT2D eigenvalue weighted by atomic mass is 10.0. The van der Waals surface area contributed by atoms with Gasteiger partial charge in [-0.3, -0.25) is 5.10 Å². The van der Waals surface area contributed by atoms with E-state index in [2.05, 4.69) is 30.5 Å². The topological polar surface area (TPSA) is 103 Å². The van der Waals surface area contributed by atoms with Crippen molar-refractivity contribution in [1.29, 1.82) is 0 Å². The molecular formula is C19H19F2N7O. The smallest absolute Gasteiger partial charge is 0.233 e. The lowest BCUT2D eigenvalue weighted by Crippen LogP contribution is -2.27. The van der Waals surface area contributed by atoms with Crippen LogP contribution in [0, 0.1) is 11.6 Å². The molecular weight excluding hydrogens is 380 g/mol. The third kappa shape index (κ3) is 3.63. The molecule has 2 fully saturated rings. The number of nitrogens with one attached hydrogen (secondary N) is 2. The summed E-state index contributed by atoms with van der Waals surface area (Å²) in [6.07, 6.45) is 3.20. The van der Waals surface area contributed by atoms with Crippen molar-refractivity contribution in [2.24, 2.45) is 0 Å². The van der Waals surface area contributed by atoms with E-state index in [9.17, 15) is 13.9 Å². The highest BCUT2D eigenvalue weighted by atomic mass is 19.1. The Morgan fingerprint density at radius 3 is 2.86 bits per heavy atom. The number of hydrogen-bond acceptors (Lipinski definition) is 7. The largest absolute Gasteiger partial charge is 0.391 e. The van der Waals surface area contributed by atoms with Gasteiger partial charge in [-0.2, -0.15) is 10.1 Å². The predicted octanol–water partition coefficient (Wildman–Crippen LogP) is 2.81. The highest BCUT2D eigenvalue weighted by Crippen LogP contribution is 2.40. The lowest BCUT2D eigenvalue weighted by Gasteiger charge is -2.25. The molecule has 2 aromatic heterocycles. The Balaban J connectivity index is 1.41. The molecule has 0 spiro atoms. The van der Waals surface area contributed by atoms with Crippen molar-refractivity contribution in [2.75, 3.05) is 16.8 Å². The number of aromatic nitrogens is 5. The summed E-state index contributed by atoms with van der Waals surface area (Å²) in [7, 11) is 0. The third-order valence-corrected chi connectivity index (χ3v) is 5.27. The summed E-state index contributed by atoms with van der Waals surface area (Å²) in [5.41, 5.74) is 1.24. The van der Waals surface area contributed by atoms with E-state index < -0.39 is 23.8 Å². The Morgan fingerprint density at radius 2 is 2.03 bits per heavy atom. The summed E-state index contributed by atoms with van der Waals surface area (Å²) in [5, 5.41) is 20.4. The molecule has 8 nitrogen and oxygen atoms in total. The minimum atomic E-state index is -0.705. The van der Waals surface area contributed by atoms with Crippen molar-refractivity contribution < 1.29 is 13.9 Å². The third-order valence-electron chi connectivity index (χ3n) is 5.27. The Kier molecular flexibility index (Phi) is 4.35. The Hall–Kier alpha value is -3.14. The first-order valence-corrected chi connectivity index (χ1v) is 9.48. The van der Waals surface area contributed by atoms with Gasteiger partial charge in [0.05, 0.1) is 12.1 Å². The molecule has 29 heavy (non-hydrogen) atoms. The minimum absolute atomic E-state index is 0.165. The van der Waals surface area contributed by atoms with Gasteiger partial charge in [-0.25, -0.2) is 18.7 Å². The highest BCUT2D eigenvalue weighted by Gasteiger charge is 2.35. The number of rotatable bonds is 5. The maximum atomic E-state index is 14.3. The van der Waals surface area contributed by atoms with Gasteiger partial charge < -0.3 is 15.3 Å². The number of benzene rings is 1. The van der Waals surface area contributed by atoms with E-state index in [0.29, 0.717) is 11.7 Å². The number of H-pyrrole nitrogens is 1. The number of aromatic amines is 1. The number of aliphatic hydroxyl groups is 1. The molecule has 2 atom stereocenters. The van der Waals surface area contributed by atoms with Crippen LogP contribution in [-0.2, 0) is 0 Å². The summed E-state index contributed by atoms with van der Waals surface area (Å²) in [6.45, 7) is 0.207. The van der Waals surface area contributed by atoms with Gasteiger partial charge in [-0.05, 0) is 37.5 Å². The van der Waals surface area contributed by atoms with E-state index >= 15 is 0 Å². The second-order valence-corrected chi connectivity index (χ2v) is 7.44. The molecule has 150 valence electrons. The molecule has 10 heteroatoms. The van der Waals surface area contributed by atoms with Crippen LogP contribution in [0.1, 0.15) is 42.5 Å². The van der Waals surface area contributed by atoms with Crippen LogP contribution in [0.2, 0.25) is 0 Å². The van der Waals surface area contributed by atoms with Gasteiger partial charge in [0.15, 0.2) is 5.82 Å². The SMILES string of the molecule is OC1CC(c2cc(F)ccc2F)N(c2ncnc(Nc3cc(C4CC4)[nH]n3)n2)C1. The zero-order chi connectivity index (χ0) is 20.0. The molecule has 1 aromatic carbocycles. The Morgan fingerprint density at radius 1 is 1.17 bits per heavy atom. The van der Waals surface area contributed by atoms with Gasteiger partial charge in [-0.1, -0.05) is 0 Å². The lowest BCUT2D eigenvalue weighted by molar-refractivity contribution is 0.194. The summed E-state index contributed by atoms with van der Waals surface area (Å²) >= 11 is 0. The summed E-state index contributed by atoms with van der Waals surface area (Å²) < 4.78 is 28.0. The van der Waals surface area contributed by atoms with Crippen molar-refractivity contribution >= 4 is 17.7 Å². The van der Waals surface area contributed by atoms with Crippen molar-refractivity contribution in [2.45, 2.75) is 37.3 Å². The fourth-order valence-electron chi connectivity index (χ4n) is 3.70. The fraction of sp³-hybridized carbons (Fsp3) is 0.368. The minimum Gasteiger partial charge on any atom is -0.391 e. The van der Waals surface area contributed by atoms with Crippen LogP contribution in [0.25, 0.3) is 0 Å². The molecule has 2 aliphatic rings. The molecule has 3 heterocycles. The van der Waals surface area contributed by atoms with Crippen LogP contribution in [-0.4, -0.2) is 42.9 Å². The molecule has 1 saturated carbocycles. The van der Waals surface area contributed by atoms with Crippen LogP contribution < -0.4 is 10.2 Å². The van der Waals surface area contributed by atoms with Gasteiger partial charge in [-0.15, -0.1) is 0 Å². The number of anilines is 3. The van der Waals surface area contributed by atoms with Gasteiger partial charge in [0, 0.05) is 29.8 Å². The molecule has 0 bridgehead atoms. The van der Waals surface area contributed by atoms with Crippen LogP contribution in [0.4, 0.5) is 26.5 Å². The molecule has 1 saturated heterocycles. The number of aliphatic hydroxyl groups excluding tert-OH is 1. The molecule has 2 unspecified atom stereocenters. The van der Waals surface area contributed by atoms with Crippen molar-refractivity contribution in [3.8, 4) is 0 Å². The molecule has 1 aliphatic carbocycles. The first kappa shape index (κ1) is 17.9. The molecule has 5 rings (SSSR count). The highest BCUT2D eigenvalue weighted by molar-refractivity contribution is 5.51. The molecule has 0 amide bonds. The van der Waals surface area contributed by atoms with Crippen LogP contribution >= 0.6 is 0 Å². The van der Waals surface area contributed by atoms with E-state index in [1.165, 1.54) is 6.33 Å². The van der Waals surface area contributed by atoms with Crippen LogP contribution in [0.15, 0.2) is 30.6 Å². The summed E-state index contributed by atoms with van der Waals surface area (Å²) in [5.74, 6) is 0.616.